The van der Waals surface area contributed by atoms with E-state index in [1.807, 2.05) is 18.8 Å². The van der Waals surface area contributed by atoms with Gasteiger partial charge in [-0.3, -0.25) is 4.68 Å². The molecule has 0 bridgehead atoms. The molecule has 0 aromatic carbocycles. The molecule has 1 saturated carbocycles. The Morgan fingerprint density at radius 2 is 2.28 bits per heavy atom. The first-order valence-corrected chi connectivity index (χ1v) is 7.37. The van der Waals surface area contributed by atoms with Gasteiger partial charge in [-0.05, 0) is 38.3 Å². The van der Waals surface area contributed by atoms with Crippen LogP contribution in [0.3, 0.4) is 0 Å². The molecule has 0 amide bonds. The van der Waals surface area contributed by atoms with Crippen LogP contribution in [0.1, 0.15) is 44.2 Å². The zero-order valence-corrected chi connectivity index (χ0v) is 12.4. The summed E-state index contributed by atoms with van der Waals surface area (Å²) >= 11 is 6.33. The lowest BCUT2D eigenvalue weighted by Crippen LogP contribution is -2.31. The maximum Gasteiger partial charge on any atom is 0.0820 e. The maximum absolute atomic E-state index is 6.33. The summed E-state index contributed by atoms with van der Waals surface area (Å²) in [4.78, 5) is 0. The third-order valence-corrected chi connectivity index (χ3v) is 4.73. The second kappa shape index (κ2) is 6.07. The molecule has 2 rings (SSSR count). The normalized spacial score (nSPS) is 28.6. The van der Waals surface area contributed by atoms with Crippen molar-refractivity contribution in [2.75, 3.05) is 13.6 Å². The van der Waals surface area contributed by atoms with Crippen molar-refractivity contribution >= 4 is 11.6 Å². The summed E-state index contributed by atoms with van der Waals surface area (Å²) in [5, 5.41) is 8.46. The number of nitrogens with one attached hydrogen (secondary N) is 1. The Labute approximate surface area is 115 Å². The summed E-state index contributed by atoms with van der Waals surface area (Å²) in [6.45, 7) is 3.37. The zero-order valence-electron chi connectivity index (χ0n) is 11.6. The number of rotatable bonds is 4. The molecule has 3 unspecified atom stereocenters. The van der Waals surface area contributed by atoms with Crippen LogP contribution in [0.15, 0.2) is 6.20 Å². The van der Waals surface area contributed by atoms with Gasteiger partial charge in [0.1, 0.15) is 0 Å². The quantitative estimate of drug-likeness (QED) is 0.910. The zero-order chi connectivity index (χ0) is 13.1. The first-order chi connectivity index (χ1) is 8.67. The van der Waals surface area contributed by atoms with E-state index in [0.29, 0.717) is 11.8 Å². The minimum absolute atomic E-state index is 0.552. The van der Waals surface area contributed by atoms with Gasteiger partial charge in [-0.2, -0.15) is 5.10 Å². The maximum atomic E-state index is 6.33. The van der Waals surface area contributed by atoms with Crippen LogP contribution in [0.4, 0.5) is 0 Å². The van der Waals surface area contributed by atoms with Crippen LogP contribution >= 0.6 is 11.6 Å². The SMILES string of the molecule is CCC1CCC(CNC)C(c2c(Cl)cnn2C)C1. The largest absolute Gasteiger partial charge is 0.319 e. The lowest BCUT2D eigenvalue weighted by Gasteiger charge is -2.36. The Bertz CT molecular complexity index is 369. The molecule has 1 aromatic rings. The van der Waals surface area contributed by atoms with Gasteiger partial charge in [-0.25, -0.2) is 0 Å². The van der Waals surface area contributed by atoms with Crippen molar-refractivity contribution in [3.05, 3.63) is 16.9 Å². The van der Waals surface area contributed by atoms with E-state index >= 15 is 0 Å². The number of halogens is 1. The van der Waals surface area contributed by atoms with Gasteiger partial charge < -0.3 is 5.32 Å². The summed E-state index contributed by atoms with van der Waals surface area (Å²) in [5.41, 5.74) is 1.23. The van der Waals surface area contributed by atoms with Gasteiger partial charge in [0, 0.05) is 13.0 Å². The van der Waals surface area contributed by atoms with Crippen LogP contribution in [0.25, 0.3) is 0 Å². The minimum Gasteiger partial charge on any atom is -0.319 e. The van der Waals surface area contributed by atoms with Crippen molar-refractivity contribution in [3.8, 4) is 0 Å². The molecule has 0 aliphatic heterocycles. The first kappa shape index (κ1) is 13.9. The molecule has 1 heterocycles. The lowest BCUT2D eigenvalue weighted by atomic mass is 9.71. The van der Waals surface area contributed by atoms with E-state index in [9.17, 15) is 0 Å². The molecule has 4 heteroatoms. The van der Waals surface area contributed by atoms with Crippen molar-refractivity contribution < 1.29 is 0 Å². The highest BCUT2D eigenvalue weighted by Gasteiger charge is 2.33. The van der Waals surface area contributed by atoms with Crippen LogP contribution in [0.5, 0.6) is 0 Å². The fourth-order valence-corrected chi connectivity index (χ4v) is 3.68. The molecule has 102 valence electrons. The molecule has 1 aromatic heterocycles. The molecule has 1 aliphatic carbocycles. The number of nitrogens with zero attached hydrogens (tertiary/aromatic N) is 2. The van der Waals surface area contributed by atoms with Crippen LogP contribution in [0.2, 0.25) is 5.02 Å². The first-order valence-electron chi connectivity index (χ1n) is 6.99. The van der Waals surface area contributed by atoms with Crippen molar-refractivity contribution in [1.82, 2.24) is 15.1 Å². The van der Waals surface area contributed by atoms with E-state index < -0.39 is 0 Å². The lowest BCUT2D eigenvalue weighted by molar-refractivity contribution is 0.221. The second-order valence-electron chi connectivity index (χ2n) is 5.51. The van der Waals surface area contributed by atoms with Gasteiger partial charge in [0.05, 0.1) is 16.9 Å². The molecule has 0 radical (unpaired) electrons. The molecular weight excluding hydrogens is 246 g/mol. The summed E-state index contributed by atoms with van der Waals surface area (Å²) in [7, 11) is 4.04. The Morgan fingerprint density at radius 3 is 2.83 bits per heavy atom. The Kier molecular flexibility index (Phi) is 4.68. The molecule has 0 spiro atoms. The third kappa shape index (κ3) is 2.72. The van der Waals surface area contributed by atoms with Gasteiger partial charge in [0.2, 0.25) is 0 Å². The van der Waals surface area contributed by atoms with Gasteiger partial charge in [0.25, 0.3) is 0 Å². The van der Waals surface area contributed by atoms with Crippen molar-refractivity contribution in [2.45, 2.75) is 38.5 Å². The number of aromatic nitrogens is 2. The molecule has 18 heavy (non-hydrogen) atoms. The fraction of sp³-hybridized carbons (Fsp3) is 0.786. The van der Waals surface area contributed by atoms with E-state index in [1.165, 1.54) is 31.4 Å². The van der Waals surface area contributed by atoms with Gasteiger partial charge in [-0.15, -0.1) is 0 Å². The van der Waals surface area contributed by atoms with E-state index in [2.05, 4.69) is 17.3 Å². The molecule has 3 nitrogen and oxygen atoms in total. The summed E-state index contributed by atoms with van der Waals surface area (Å²) in [6, 6.07) is 0. The number of hydrogen-bond donors (Lipinski definition) is 1. The Morgan fingerprint density at radius 1 is 1.50 bits per heavy atom. The average molecular weight is 270 g/mol. The molecule has 0 saturated heterocycles. The van der Waals surface area contributed by atoms with E-state index in [0.717, 1.165) is 17.5 Å². The van der Waals surface area contributed by atoms with Crippen LogP contribution < -0.4 is 5.32 Å². The molecule has 1 aliphatic rings. The highest BCUT2D eigenvalue weighted by Crippen LogP contribution is 2.43. The molecule has 1 N–H and O–H groups in total. The van der Waals surface area contributed by atoms with Gasteiger partial charge >= 0.3 is 0 Å². The van der Waals surface area contributed by atoms with Crippen LogP contribution in [-0.4, -0.2) is 23.4 Å². The van der Waals surface area contributed by atoms with Crippen molar-refractivity contribution in [3.63, 3.8) is 0 Å². The predicted octanol–water partition coefficient (Wildman–Crippen LogP) is 3.20. The minimum atomic E-state index is 0.552. The van der Waals surface area contributed by atoms with Gasteiger partial charge in [-0.1, -0.05) is 31.4 Å². The summed E-state index contributed by atoms with van der Waals surface area (Å²) in [5.74, 6) is 2.08. The van der Waals surface area contributed by atoms with E-state index in [-0.39, 0.29) is 0 Å². The molecule has 1 fully saturated rings. The monoisotopic (exact) mass is 269 g/mol. The smallest absolute Gasteiger partial charge is 0.0820 e. The highest BCUT2D eigenvalue weighted by molar-refractivity contribution is 6.31. The highest BCUT2D eigenvalue weighted by atomic mass is 35.5. The van der Waals surface area contributed by atoms with Crippen LogP contribution in [-0.2, 0) is 7.05 Å². The Hall–Kier alpha value is -0.540. The summed E-state index contributed by atoms with van der Waals surface area (Å²) < 4.78 is 1.97. The van der Waals surface area contributed by atoms with Crippen molar-refractivity contribution in [1.29, 1.82) is 0 Å². The Balaban J connectivity index is 2.24. The number of hydrogen-bond acceptors (Lipinski definition) is 2. The average Bonchev–Trinajstić information content (AvgIpc) is 2.70. The van der Waals surface area contributed by atoms with Crippen LogP contribution in [0, 0.1) is 11.8 Å². The third-order valence-electron chi connectivity index (χ3n) is 4.43. The summed E-state index contributed by atoms with van der Waals surface area (Å²) in [6.07, 6.45) is 6.96. The van der Waals surface area contributed by atoms with E-state index in [4.69, 9.17) is 11.6 Å². The fourth-order valence-electron chi connectivity index (χ4n) is 3.37. The van der Waals surface area contributed by atoms with Crippen molar-refractivity contribution in [2.24, 2.45) is 18.9 Å². The number of aryl methyl sites for hydroxylation is 1. The predicted molar refractivity (Wildman–Crippen MR) is 76.0 cm³/mol. The van der Waals surface area contributed by atoms with E-state index in [1.54, 1.807) is 6.20 Å². The topological polar surface area (TPSA) is 29.9 Å². The van der Waals surface area contributed by atoms with Gasteiger partial charge in [0.15, 0.2) is 0 Å². The molecular formula is C14H24ClN3. The second-order valence-corrected chi connectivity index (χ2v) is 5.92. The molecule has 3 atom stereocenters. The standard InChI is InChI=1S/C14H24ClN3/c1-4-10-5-6-11(8-16-2)12(7-10)14-13(15)9-17-18(14)3/h9-12,16H,4-8H2,1-3H3.